The summed E-state index contributed by atoms with van der Waals surface area (Å²) in [5.74, 6) is 0.441. The summed E-state index contributed by atoms with van der Waals surface area (Å²) in [6.07, 6.45) is 0. The maximum atomic E-state index is 12.3. The smallest absolute Gasteiger partial charge is 0.263 e. The molecule has 0 spiro atoms. The fourth-order valence-corrected chi connectivity index (χ4v) is 2.34. The van der Waals surface area contributed by atoms with Crippen LogP contribution in [0.4, 0.5) is 0 Å². The predicted octanol–water partition coefficient (Wildman–Crippen LogP) is 4.58. The molecule has 0 aliphatic rings. The number of hydrogen-bond donors (Lipinski definition) is 1. The highest BCUT2D eigenvalue weighted by atomic mass is 79.9. The van der Waals surface area contributed by atoms with E-state index in [-0.39, 0.29) is 5.91 Å². The molecule has 1 amide bonds. The minimum atomic E-state index is -0.977. The van der Waals surface area contributed by atoms with Gasteiger partial charge < -0.3 is 10.1 Å². The first kappa shape index (κ1) is 16.8. The molecule has 0 fully saturated rings. The lowest BCUT2D eigenvalue weighted by molar-refractivity contribution is -0.134. The molecule has 116 valence electrons. The van der Waals surface area contributed by atoms with Crippen LogP contribution in [0.1, 0.15) is 19.4 Å². The van der Waals surface area contributed by atoms with Crippen molar-refractivity contribution in [2.75, 3.05) is 0 Å². The molecule has 3 nitrogen and oxygen atoms in total. The summed E-state index contributed by atoms with van der Waals surface area (Å²) in [5, 5.41) is 3.49. The van der Waals surface area contributed by atoms with E-state index in [0.29, 0.717) is 17.3 Å². The average Bonchev–Trinajstić information content (AvgIpc) is 2.48. The van der Waals surface area contributed by atoms with Crippen molar-refractivity contribution >= 4 is 33.4 Å². The molecule has 2 aromatic rings. The van der Waals surface area contributed by atoms with Crippen molar-refractivity contribution in [3.05, 3.63) is 63.6 Å². The Balaban J connectivity index is 1.98. The second kappa shape index (κ2) is 7.16. The third-order valence-corrected chi connectivity index (χ3v) is 4.03. The topological polar surface area (TPSA) is 38.3 Å². The summed E-state index contributed by atoms with van der Waals surface area (Å²) in [5.41, 5.74) is -0.105. The van der Waals surface area contributed by atoms with Crippen molar-refractivity contribution in [3.63, 3.8) is 0 Å². The molecular formula is C17H17BrClNO2. The lowest BCUT2D eigenvalue weighted by atomic mass is 10.1. The number of benzene rings is 2. The maximum absolute atomic E-state index is 12.3. The molecule has 0 aromatic heterocycles. The van der Waals surface area contributed by atoms with E-state index in [2.05, 4.69) is 21.2 Å². The van der Waals surface area contributed by atoms with Gasteiger partial charge in [0.1, 0.15) is 5.75 Å². The van der Waals surface area contributed by atoms with Crippen molar-refractivity contribution in [2.45, 2.75) is 26.0 Å². The standard InChI is InChI=1S/C17H17BrClNO2/c1-17(2,22-14-9-7-13(18)8-10-14)16(21)20-11-12-5-3-4-6-15(12)19/h3-10H,11H2,1-2H3,(H,20,21). The number of hydrogen-bond acceptors (Lipinski definition) is 2. The van der Waals surface area contributed by atoms with Crippen molar-refractivity contribution < 1.29 is 9.53 Å². The van der Waals surface area contributed by atoms with Gasteiger partial charge >= 0.3 is 0 Å². The quantitative estimate of drug-likeness (QED) is 0.822. The number of rotatable bonds is 5. The van der Waals surface area contributed by atoms with Crippen LogP contribution in [0.25, 0.3) is 0 Å². The molecule has 0 heterocycles. The summed E-state index contributed by atoms with van der Waals surface area (Å²) >= 11 is 9.44. The number of amides is 1. The second-order valence-electron chi connectivity index (χ2n) is 5.34. The number of carbonyl (C=O) groups excluding carboxylic acids is 1. The van der Waals surface area contributed by atoms with Gasteiger partial charge in [0.15, 0.2) is 5.60 Å². The summed E-state index contributed by atoms with van der Waals surface area (Å²) < 4.78 is 6.73. The van der Waals surface area contributed by atoms with E-state index in [1.807, 2.05) is 42.5 Å². The Kier molecular flexibility index (Phi) is 5.48. The molecule has 0 radical (unpaired) electrons. The minimum absolute atomic E-state index is 0.199. The van der Waals surface area contributed by atoms with Gasteiger partial charge in [-0.2, -0.15) is 0 Å². The molecule has 0 atom stereocenters. The van der Waals surface area contributed by atoms with Crippen LogP contribution in [0.2, 0.25) is 5.02 Å². The molecule has 0 saturated heterocycles. The molecule has 0 aliphatic heterocycles. The number of nitrogens with one attached hydrogen (secondary N) is 1. The summed E-state index contributed by atoms with van der Waals surface area (Å²) in [7, 11) is 0. The molecule has 2 rings (SSSR count). The fourth-order valence-electron chi connectivity index (χ4n) is 1.87. The zero-order chi connectivity index (χ0) is 16.2. The largest absolute Gasteiger partial charge is 0.478 e. The SMILES string of the molecule is CC(C)(Oc1ccc(Br)cc1)C(=O)NCc1ccccc1Cl. The molecule has 1 N–H and O–H groups in total. The zero-order valence-corrected chi connectivity index (χ0v) is 14.7. The maximum Gasteiger partial charge on any atom is 0.263 e. The van der Waals surface area contributed by atoms with Crippen LogP contribution >= 0.6 is 27.5 Å². The Morgan fingerprint density at radius 2 is 1.82 bits per heavy atom. The normalized spacial score (nSPS) is 11.1. The molecule has 0 bridgehead atoms. The number of ether oxygens (including phenoxy) is 1. The van der Waals surface area contributed by atoms with E-state index in [4.69, 9.17) is 16.3 Å². The highest BCUT2D eigenvalue weighted by Gasteiger charge is 2.29. The van der Waals surface area contributed by atoms with Gasteiger partial charge in [-0.25, -0.2) is 0 Å². The lowest BCUT2D eigenvalue weighted by Gasteiger charge is -2.25. The Hall–Kier alpha value is -1.52. The molecule has 22 heavy (non-hydrogen) atoms. The van der Waals surface area contributed by atoms with Gasteiger partial charge in [-0.3, -0.25) is 4.79 Å². The number of halogens is 2. The van der Waals surface area contributed by atoms with Crippen molar-refractivity contribution in [1.82, 2.24) is 5.32 Å². The van der Waals surface area contributed by atoms with E-state index in [1.54, 1.807) is 19.9 Å². The highest BCUT2D eigenvalue weighted by Crippen LogP contribution is 2.21. The monoisotopic (exact) mass is 381 g/mol. The molecule has 0 unspecified atom stereocenters. The zero-order valence-electron chi connectivity index (χ0n) is 12.4. The van der Waals surface area contributed by atoms with Crippen LogP contribution in [-0.2, 0) is 11.3 Å². The van der Waals surface area contributed by atoms with Gasteiger partial charge in [0, 0.05) is 16.0 Å². The summed E-state index contributed by atoms with van der Waals surface area (Å²) in [4.78, 5) is 12.3. The van der Waals surface area contributed by atoms with Crippen LogP contribution in [0, 0.1) is 0 Å². The number of carbonyl (C=O) groups is 1. The van der Waals surface area contributed by atoms with E-state index in [0.717, 1.165) is 10.0 Å². The van der Waals surface area contributed by atoms with E-state index >= 15 is 0 Å². The molecule has 0 aliphatic carbocycles. The van der Waals surface area contributed by atoms with Crippen LogP contribution < -0.4 is 10.1 Å². The molecular weight excluding hydrogens is 366 g/mol. The van der Waals surface area contributed by atoms with Crippen molar-refractivity contribution in [3.8, 4) is 5.75 Å². The van der Waals surface area contributed by atoms with Gasteiger partial charge in [-0.15, -0.1) is 0 Å². The average molecular weight is 383 g/mol. The van der Waals surface area contributed by atoms with Gasteiger partial charge in [-0.1, -0.05) is 45.7 Å². The lowest BCUT2D eigenvalue weighted by Crippen LogP contribution is -2.46. The third-order valence-electron chi connectivity index (χ3n) is 3.13. The predicted molar refractivity (Wildman–Crippen MR) is 92.1 cm³/mol. The Labute approximate surface area is 143 Å². The van der Waals surface area contributed by atoms with Gasteiger partial charge in [-0.05, 0) is 49.7 Å². The highest BCUT2D eigenvalue weighted by molar-refractivity contribution is 9.10. The molecule has 5 heteroatoms. The Morgan fingerprint density at radius 1 is 1.18 bits per heavy atom. The van der Waals surface area contributed by atoms with Gasteiger partial charge in [0.2, 0.25) is 0 Å². The van der Waals surface area contributed by atoms with Crippen LogP contribution in [-0.4, -0.2) is 11.5 Å². The van der Waals surface area contributed by atoms with Crippen LogP contribution in [0.3, 0.4) is 0 Å². The van der Waals surface area contributed by atoms with Crippen LogP contribution in [0.15, 0.2) is 53.0 Å². The van der Waals surface area contributed by atoms with E-state index < -0.39 is 5.60 Å². The molecule has 0 saturated carbocycles. The second-order valence-corrected chi connectivity index (χ2v) is 6.66. The first-order valence-electron chi connectivity index (χ1n) is 6.85. The summed E-state index contributed by atoms with van der Waals surface area (Å²) in [6, 6.07) is 14.8. The fraction of sp³-hybridized carbons (Fsp3) is 0.235. The van der Waals surface area contributed by atoms with Crippen molar-refractivity contribution in [1.29, 1.82) is 0 Å². The summed E-state index contributed by atoms with van der Waals surface area (Å²) in [6.45, 7) is 3.83. The minimum Gasteiger partial charge on any atom is -0.478 e. The van der Waals surface area contributed by atoms with Gasteiger partial charge in [0.05, 0.1) is 0 Å². The molecule has 2 aromatic carbocycles. The van der Waals surface area contributed by atoms with Crippen LogP contribution in [0.5, 0.6) is 5.75 Å². The third kappa shape index (κ3) is 4.49. The van der Waals surface area contributed by atoms with E-state index in [9.17, 15) is 4.79 Å². The first-order valence-corrected chi connectivity index (χ1v) is 8.02. The van der Waals surface area contributed by atoms with Crippen molar-refractivity contribution in [2.24, 2.45) is 0 Å². The van der Waals surface area contributed by atoms with Gasteiger partial charge in [0.25, 0.3) is 5.91 Å². The Bertz CT molecular complexity index is 656. The van der Waals surface area contributed by atoms with E-state index in [1.165, 1.54) is 0 Å². The Morgan fingerprint density at radius 3 is 2.45 bits per heavy atom. The first-order chi connectivity index (χ1) is 10.4.